The fourth-order valence-corrected chi connectivity index (χ4v) is 2.92. The summed E-state index contributed by atoms with van der Waals surface area (Å²) >= 11 is 0. The second-order valence-electron chi connectivity index (χ2n) is 4.90. The first kappa shape index (κ1) is 14.2. The molecule has 0 aromatic heterocycles. The topological polar surface area (TPSA) is 46.2 Å². The maximum Gasteiger partial charge on any atom is 0.216 e. The third-order valence-electron chi connectivity index (χ3n) is 2.84. The van der Waals surface area contributed by atoms with Crippen LogP contribution in [0.4, 0.5) is 0 Å². The molecule has 0 radical (unpaired) electrons. The van der Waals surface area contributed by atoms with E-state index in [-0.39, 0.29) is 11.8 Å². The van der Waals surface area contributed by atoms with Crippen molar-refractivity contribution in [1.29, 1.82) is 0 Å². The molecule has 3 nitrogen and oxygen atoms in total. The second kappa shape index (κ2) is 5.65. The van der Waals surface area contributed by atoms with Crippen molar-refractivity contribution in [3.8, 4) is 0 Å². The molecule has 1 unspecified atom stereocenters. The van der Waals surface area contributed by atoms with Gasteiger partial charge in [-0.2, -0.15) is 0 Å². The van der Waals surface area contributed by atoms with Crippen molar-refractivity contribution < 1.29 is 8.42 Å². The molecule has 96 valence electrons. The average Bonchev–Trinajstić information content (AvgIpc) is 2.20. The second-order valence-corrected chi connectivity index (χ2v) is 6.65. The molecule has 1 aromatic rings. The summed E-state index contributed by atoms with van der Waals surface area (Å²) in [6.07, 6.45) is 0. The number of nitrogens with one attached hydrogen (secondary N) is 1. The molecule has 1 aromatic carbocycles. The van der Waals surface area contributed by atoms with Crippen LogP contribution >= 0.6 is 0 Å². The van der Waals surface area contributed by atoms with Crippen LogP contribution in [0.15, 0.2) is 24.3 Å². The Balaban J connectivity index is 2.70. The van der Waals surface area contributed by atoms with E-state index < -0.39 is 10.0 Å². The Labute approximate surface area is 104 Å². The van der Waals surface area contributed by atoms with E-state index in [9.17, 15) is 8.42 Å². The highest BCUT2D eigenvalue weighted by Crippen LogP contribution is 2.09. The molecule has 1 N–H and O–H groups in total. The Morgan fingerprint density at radius 3 is 2.12 bits per heavy atom. The minimum Gasteiger partial charge on any atom is -0.212 e. The normalized spacial score (nSPS) is 13.9. The van der Waals surface area contributed by atoms with Gasteiger partial charge in [0.2, 0.25) is 10.0 Å². The van der Waals surface area contributed by atoms with Crippen molar-refractivity contribution >= 4 is 10.0 Å². The quantitative estimate of drug-likeness (QED) is 0.878. The molecule has 0 fully saturated rings. The number of hydrogen-bond donors (Lipinski definition) is 1. The van der Waals surface area contributed by atoms with E-state index in [1.54, 1.807) is 0 Å². The lowest BCUT2D eigenvalue weighted by molar-refractivity contribution is 0.476. The van der Waals surface area contributed by atoms with Gasteiger partial charge >= 0.3 is 0 Å². The van der Waals surface area contributed by atoms with Gasteiger partial charge in [-0.05, 0) is 25.3 Å². The molecule has 0 saturated carbocycles. The minimum absolute atomic E-state index is 0.0366. The maximum atomic E-state index is 11.9. The highest BCUT2D eigenvalue weighted by molar-refractivity contribution is 7.88. The molecule has 4 heteroatoms. The number of sulfonamides is 1. The molecule has 1 atom stereocenters. The van der Waals surface area contributed by atoms with Crippen LogP contribution in [0.3, 0.4) is 0 Å². The van der Waals surface area contributed by atoms with Crippen molar-refractivity contribution in [2.24, 2.45) is 5.92 Å². The van der Waals surface area contributed by atoms with Crippen molar-refractivity contribution in [2.75, 3.05) is 0 Å². The zero-order valence-corrected chi connectivity index (χ0v) is 11.7. The molecule has 0 bridgehead atoms. The summed E-state index contributed by atoms with van der Waals surface area (Å²) < 4.78 is 26.5. The van der Waals surface area contributed by atoms with Crippen molar-refractivity contribution in [2.45, 2.75) is 39.5 Å². The molecule has 0 spiro atoms. The van der Waals surface area contributed by atoms with Crippen LogP contribution in [-0.4, -0.2) is 14.5 Å². The first-order valence-electron chi connectivity index (χ1n) is 5.86. The molecular weight excluding hydrogens is 234 g/mol. The first-order chi connectivity index (χ1) is 7.80. The Kier molecular flexibility index (Phi) is 4.71. The standard InChI is InChI=1S/C13H21NO2S/c1-10(2)12(4)14-17(15,16)9-13-7-5-11(3)6-8-13/h5-8,10,12,14H,9H2,1-4H3. The lowest BCUT2D eigenvalue weighted by Gasteiger charge is -2.17. The Bertz CT molecular complexity index is 449. The van der Waals surface area contributed by atoms with Crippen LogP contribution in [0.25, 0.3) is 0 Å². The van der Waals surface area contributed by atoms with Crippen molar-refractivity contribution in [1.82, 2.24) is 4.72 Å². The van der Waals surface area contributed by atoms with Crippen LogP contribution in [0.1, 0.15) is 31.9 Å². The highest BCUT2D eigenvalue weighted by atomic mass is 32.2. The van der Waals surface area contributed by atoms with E-state index in [1.165, 1.54) is 0 Å². The van der Waals surface area contributed by atoms with E-state index in [0.717, 1.165) is 11.1 Å². The fraction of sp³-hybridized carbons (Fsp3) is 0.538. The van der Waals surface area contributed by atoms with E-state index in [1.807, 2.05) is 52.0 Å². The van der Waals surface area contributed by atoms with Crippen LogP contribution in [0, 0.1) is 12.8 Å². The van der Waals surface area contributed by atoms with Gasteiger partial charge in [-0.1, -0.05) is 43.7 Å². The molecule has 0 aliphatic carbocycles. The molecule has 0 saturated heterocycles. The van der Waals surface area contributed by atoms with Crippen LogP contribution in [0.2, 0.25) is 0 Å². The summed E-state index contributed by atoms with van der Waals surface area (Å²) in [6.45, 7) is 7.87. The molecule has 0 aliphatic heterocycles. The third kappa shape index (κ3) is 4.88. The van der Waals surface area contributed by atoms with Crippen molar-refractivity contribution in [3.05, 3.63) is 35.4 Å². The van der Waals surface area contributed by atoms with Gasteiger partial charge in [0.1, 0.15) is 0 Å². The summed E-state index contributed by atoms with van der Waals surface area (Å²) in [5, 5.41) is 0. The van der Waals surface area contributed by atoms with E-state index in [0.29, 0.717) is 5.92 Å². The van der Waals surface area contributed by atoms with Gasteiger partial charge in [-0.25, -0.2) is 13.1 Å². The summed E-state index contributed by atoms with van der Waals surface area (Å²) in [4.78, 5) is 0. The van der Waals surface area contributed by atoms with Crippen LogP contribution in [-0.2, 0) is 15.8 Å². The monoisotopic (exact) mass is 255 g/mol. The Hall–Kier alpha value is -0.870. The fourth-order valence-electron chi connectivity index (χ4n) is 1.36. The number of hydrogen-bond acceptors (Lipinski definition) is 2. The van der Waals surface area contributed by atoms with Crippen LogP contribution < -0.4 is 4.72 Å². The van der Waals surface area contributed by atoms with Gasteiger partial charge in [0.25, 0.3) is 0 Å². The molecule has 0 heterocycles. The molecular formula is C13H21NO2S. The van der Waals surface area contributed by atoms with E-state index in [4.69, 9.17) is 0 Å². The predicted molar refractivity (Wildman–Crippen MR) is 71.2 cm³/mol. The van der Waals surface area contributed by atoms with E-state index in [2.05, 4.69) is 4.72 Å². The SMILES string of the molecule is Cc1ccc(CS(=O)(=O)NC(C)C(C)C)cc1. The minimum atomic E-state index is -3.24. The molecule has 1 rings (SSSR count). The largest absolute Gasteiger partial charge is 0.216 e. The smallest absolute Gasteiger partial charge is 0.212 e. The summed E-state index contributed by atoms with van der Waals surface area (Å²) in [6, 6.07) is 7.53. The van der Waals surface area contributed by atoms with Gasteiger partial charge in [0.05, 0.1) is 5.75 Å². The summed E-state index contributed by atoms with van der Waals surface area (Å²) in [5.74, 6) is 0.340. The van der Waals surface area contributed by atoms with Gasteiger partial charge < -0.3 is 0 Å². The number of benzene rings is 1. The average molecular weight is 255 g/mol. The predicted octanol–water partition coefficient (Wildman–Crippen LogP) is 2.46. The maximum absolute atomic E-state index is 11.9. The highest BCUT2D eigenvalue weighted by Gasteiger charge is 2.17. The van der Waals surface area contributed by atoms with Gasteiger partial charge in [-0.15, -0.1) is 0 Å². The lowest BCUT2D eigenvalue weighted by atomic mass is 10.1. The lowest BCUT2D eigenvalue weighted by Crippen LogP contribution is -2.36. The number of rotatable bonds is 5. The van der Waals surface area contributed by atoms with Gasteiger partial charge in [-0.3, -0.25) is 0 Å². The van der Waals surface area contributed by atoms with Crippen LogP contribution in [0.5, 0.6) is 0 Å². The number of aryl methyl sites for hydroxylation is 1. The van der Waals surface area contributed by atoms with Crippen molar-refractivity contribution in [3.63, 3.8) is 0 Å². The summed E-state index contributed by atoms with van der Waals surface area (Å²) in [5.41, 5.74) is 1.95. The molecule has 0 aliphatic rings. The first-order valence-corrected chi connectivity index (χ1v) is 7.51. The van der Waals surface area contributed by atoms with Gasteiger partial charge in [0.15, 0.2) is 0 Å². The molecule has 0 amide bonds. The molecule has 17 heavy (non-hydrogen) atoms. The zero-order chi connectivity index (χ0) is 13.1. The Morgan fingerprint density at radius 1 is 1.12 bits per heavy atom. The zero-order valence-electron chi connectivity index (χ0n) is 10.9. The van der Waals surface area contributed by atoms with E-state index >= 15 is 0 Å². The third-order valence-corrected chi connectivity index (χ3v) is 4.29. The van der Waals surface area contributed by atoms with Gasteiger partial charge in [0, 0.05) is 6.04 Å². The Morgan fingerprint density at radius 2 is 1.65 bits per heavy atom. The summed E-state index contributed by atoms with van der Waals surface area (Å²) in [7, 11) is -3.24.